The van der Waals surface area contributed by atoms with Gasteiger partial charge in [-0.05, 0) is 36.2 Å². The average Bonchev–Trinajstić information content (AvgIpc) is 2.55. The molecule has 0 fully saturated rings. The van der Waals surface area contributed by atoms with Gasteiger partial charge in [0, 0.05) is 29.9 Å². The Morgan fingerprint density at radius 3 is 2.77 bits per heavy atom. The predicted molar refractivity (Wildman–Crippen MR) is 90.4 cm³/mol. The summed E-state index contributed by atoms with van der Waals surface area (Å²) >= 11 is 5.84. The number of halogens is 1. The summed E-state index contributed by atoms with van der Waals surface area (Å²) in [5.74, 6) is 0.545. The van der Waals surface area contributed by atoms with Gasteiger partial charge < -0.3 is 10.6 Å². The number of hydrogen-bond donors (Lipinski definition) is 2. The molecule has 22 heavy (non-hydrogen) atoms. The van der Waals surface area contributed by atoms with Crippen LogP contribution in [-0.2, 0) is 6.42 Å². The Morgan fingerprint density at radius 2 is 2.05 bits per heavy atom. The zero-order valence-corrected chi connectivity index (χ0v) is 12.9. The SMILES string of the molecule is C=CCNc1cc(C(=O)NCCc2ccc(Cl)cc2)ccn1. The molecule has 1 aromatic heterocycles. The van der Waals surface area contributed by atoms with Gasteiger partial charge in [0.2, 0.25) is 0 Å². The second-order valence-corrected chi connectivity index (χ2v) is 5.17. The first-order valence-electron chi connectivity index (χ1n) is 7.02. The Morgan fingerprint density at radius 1 is 1.27 bits per heavy atom. The van der Waals surface area contributed by atoms with Gasteiger partial charge in [-0.1, -0.05) is 29.8 Å². The molecule has 0 aliphatic rings. The highest BCUT2D eigenvalue weighted by atomic mass is 35.5. The quantitative estimate of drug-likeness (QED) is 0.771. The normalized spacial score (nSPS) is 10.0. The molecule has 2 N–H and O–H groups in total. The van der Waals surface area contributed by atoms with E-state index in [4.69, 9.17) is 11.6 Å². The summed E-state index contributed by atoms with van der Waals surface area (Å²) < 4.78 is 0. The smallest absolute Gasteiger partial charge is 0.251 e. The third kappa shape index (κ3) is 4.90. The molecular weight excluding hydrogens is 298 g/mol. The molecule has 0 spiro atoms. The Hall–Kier alpha value is -2.33. The van der Waals surface area contributed by atoms with Gasteiger partial charge in [0.05, 0.1) is 0 Å². The molecule has 5 heteroatoms. The molecule has 1 aromatic carbocycles. The van der Waals surface area contributed by atoms with E-state index in [-0.39, 0.29) is 5.91 Å². The summed E-state index contributed by atoms with van der Waals surface area (Å²) in [4.78, 5) is 16.3. The van der Waals surface area contributed by atoms with Crippen molar-refractivity contribution in [2.45, 2.75) is 6.42 Å². The molecule has 4 nitrogen and oxygen atoms in total. The van der Waals surface area contributed by atoms with Crippen LogP contribution in [0.1, 0.15) is 15.9 Å². The minimum Gasteiger partial charge on any atom is -0.367 e. The Bertz CT molecular complexity index is 641. The lowest BCUT2D eigenvalue weighted by Crippen LogP contribution is -2.25. The van der Waals surface area contributed by atoms with Crippen molar-refractivity contribution in [3.8, 4) is 0 Å². The molecule has 0 aliphatic heterocycles. The first-order valence-corrected chi connectivity index (χ1v) is 7.40. The van der Waals surface area contributed by atoms with Gasteiger partial charge in [-0.15, -0.1) is 6.58 Å². The molecule has 0 saturated carbocycles. The van der Waals surface area contributed by atoms with Crippen molar-refractivity contribution in [3.63, 3.8) is 0 Å². The van der Waals surface area contributed by atoms with E-state index in [2.05, 4.69) is 22.2 Å². The maximum atomic E-state index is 12.1. The van der Waals surface area contributed by atoms with Crippen molar-refractivity contribution in [2.24, 2.45) is 0 Å². The van der Waals surface area contributed by atoms with Gasteiger partial charge in [0.15, 0.2) is 0 Å². The van der Waals surface area contributed by atoms with E-state index < -0.39 is 0 Å². The fraction of sp³-hybridized carbons (Fsp3) is 0.176. The number of benzene rings is 1. The van der Waals surface area contributed by atoms with Crippen molar-refractivity contribution >= 4 is 23.3 Å². The van der Waals surface area contributed by atoms with Crippen molar-refractivity contribution in [1.29, 1.82) is 0 Å². The van der Waals surface area contributed by atoms with Crippen molar-refractivity contribution < 1.29 is 4.79 Å². The lowest BCUT2D eigenvalue weighted by atomic mass is 10.1. The molecule has 2 aromatic rings. The van der Waals surface area contributed by atoms with Crippen LogP contribution in [0.4, 0.5) is 5.82 Å². The number of carbonyl (C=O) groups is 1. The van der Waals surface area contributed by atoms with Crippen LogP contribution in [0, 0.1) is 0 Å². The first kappa shape index (κ1) is 16.0. The predicted octanol–water partition coefficient (Wildman–Crippen LogP) is 3.31. The number of amides is 1. The summed E-state index contributed by atoms with van der Waals surface area (Å²) in [6.07, 6.45) is 4.11. The fourth-order valence-electron chi connectivity index (χ4n) is 1.92. The monoisotopic (exact) mass is 315 g/mol. The van der Waals surface area contributed by atoms with E-state index in [9.17, 15) is 4.79 Å². The van der Waals surface area contributed by atoms with E-state index in [0.717, 1.165) is 12.0 Å². The Balaban J connectivity index is 1.86. The number of rotatable bonds is 7. The average molecular weight is 316 g/mol. The van der Waals surface area contributed by atoms with Crippen LogP contribution < -0.4 is 10.6 Å². The molecule has 0 radical (unpaired) electrons. The minimum absolute atomic E-state index is 0.113. The number of pyridine rings is 1. The van der Waals surface area contributed by atoms with E-state index in [0.29, 0.717) is 29.5 Å². The van der Waals surface area contributed by atoms with E-state index in [1.54, 1.807) is 24.4 Å². The third-order valence-electron chi connectivity index (χ3n) is 3.06. The molecule has 0 unspecified atom stereocenters. The van der Waals surface area contributed by atoms with Crippen molar-refractivity contribution in [1.82, 2.24) is 10.3 Å². The Labute approximate surface area is 135 Å². The zero-order valence-electron chi connectivity index (χ0n) is 12.2. The second-order valence-electron chi connectivity index (χ2n) is 4.73. The summed E-state index contributed by atoms with van der Waals surface area (Å²) in [6, 6.07) is 11.0. The number of anilines is 1. The van der Waals surface area contributed by atoms with Crippen LogP contribution in [0.15, 0.2) is 55.3 Å². The van der Waals surface area contributed by atoms with Crippen LogP contribution in [0.3, 0.4) is 0 Å². The highest BCUT2D eigenvalue weighted by molar-refractivity contribution is 6.30. The van der Waals surface area contributed by atoms with Gasteiger partial charge in [0.1, 0.15) is 5.82 Å². The summed E-state index contributed by atoms with van der Waals surface area (Å²) in [5, 5.41) is 6.67. The summed E-state index contributed by atoms with van der Waals surface area (Å²) in [6.45, 7) is 4.80. The van der Waals surface area contributed by atoms with Gasteiger partial charge >= 0.3 is 0 Å². The number of carbonyl (C=O) groups excluding carboxylic acids is 1. The zero-order chi connectivity index (χ0) is 15.8. The first-order chi connectivity index (χ1) is 10.7. The largest absolute Gasteiger partial charge is 0.367 e. The van der Waals surface area contributed by atoms with Gasteiger partial charge in [-0.3, -0.25) is 4.79 Å². The number of nitrogens with one attached hydrogen (secondary N) is 2. The highest BCUT2D eigenvalue weighted by Crippen LogP contribution is 2.10. The Kier molecular flexibility index (Phi) is 5.98. The highest BCUT2D eigenvalue weighted by Gasteiger charge is 2.06. The van der Waals surface area contributed by atoms with E-state index in [1.807, 2.05) is 24.3 Å². The van der Waals surface area contributed by atoms with Crippen molar-refractivity contribution in [2.75, 3.05) is 18.4 Å². The van der Waals surface area contributed by atoms with Gasteiger partial charge in [-0.25, -0.2) is 4.98 Å². The second kappa shape index (κ2) is 8.20. The molecule has 2 rings (SSSR count). The molecule has 0 bridgehead atoms. The van der Waals surface area contributed by atoms with Crippen LogP contribution in [0.25, 0.3) is 0 Å². The lowest BCUT2D eigenvalue weighted by molar-refractivity contribution is 0.0954. The summed E-state index contributed by atoms with van der Waals surface area (Å²) in [5.41, 5.74) is 1.71. The molecule has 1 amide bonds. The van der Waals surface area contributed by atoms with Crippen LogP contribution in [0.2, 0.25) is 5.02 Å². The molecule has 0 aliphatic carbocycles. The molecule has 0 atom stereocenters. The standard InChI is InChI=1S/C17H18ClN3O/c1-2-9-19-16-12-14(8-11-20-16)17(22)21-10-7-13-3-5-15(18)6-4-13/h2-6,8,11-12H,1,7,9-10H2,(H,19,20)(H,21,22). The maximum absolute atomic E-state index is 12.1. The lowest BCUT2D eigenvalue weighted by Gasteiger charge is -2.07. The van der Waals surface area contributed by atoms with Gasteiger partial charge in [-0.2, -0.15) is 0 Å². The topological polar surface area (TPSA) is 54.0 Å². The summed E-state index contributed by atoms with van der Waals surface area (Å²) in [7, 11) is 0. The van der Waals surface area contributed by atoms with Crippen LogP contribution in [-0.4, -0.2) is 24.0 Å². The number of nitrogens with zero attached hydrogens (tertiary/aromatic N) is 1. The third-order valence-corrected chi connectivity index (χ3v) is 3.31. The molecular formula is C17H18ClN3O. The molecule has 1 heterocycles. The minimum atomic E-state index is -0.113. The van der Waals surface area contributed by atoms with E-state index in [1.165, 1.54) is 0 Å². The fourth-order valence-corrected chi connectivity index (χ4v) is 2.04. The molecule has 0 saturated heterocycles. The molecule has 114 valence electrons. The van der Waals surface area contributed by atoms with Crippen LogP contribution in [0.5, 0.6) is 0 Å². The van der Waals surface area contributed by atoms with Crippen molar-refractivity contribution in [3.05, 3.63) is 71.4 Å². The van der Waals surface area contributed by atoms with Crippen LogP contribution >= 0.6 is 11.6 Å². The number of hydrogen-bond acceptors (Lipinski definition) is 3. The number of aromatic nitrogens is 1. The maximum Gasteiger partial charge on any atom is 0.251 e. The van der Waals surface area contributed by atoms with E-state index >= 15 is 0 Å². The van der Waals surface area contributed by atoms with Gasteiger partial charge in [0.25, 0.3) is 5.91 Å².